The minimum absolute atomic E-state index is 0.0300. The van der Waals surface area contributed by atoms with Crippen LogP contribution in [0.3, 0.4) is 0 Å². The van der Waals surface area contributed by atoms with Gasteiger partial charge in [-0.05, 0) is 37.6 Å². The van der Waals surface area contributed by atoms with Crippen LogP contribution < -0.4 is 5.32 Å². The molecular formula is C14H18N2O4. The van der Waals surface area contributed by atoms with E-state index in [9.17, 15) is 9.59 Å². The Morgan fingerprint density at radius 3 is 2.80 bits per heavy atom. The number of benzene rings is 1. The molecule has 1 saturated heterocycles. The maximum Gasteiger partial charge on any atom is 0.335 e. The highest BCUT2D eigenvalue weighted by molar-refractivity contribution is 5.92. The van der Waals surface area contributed by atoms with Crippen LogP contribution in [0, 0.1) is 6.92 Å². The van der Waals surface area contributed by atoms with Gasteiger partial charge in [0.1, 0.15) is 0 Å². The van der Waals surface area contributed by atoms with Crippen molar-refractivity contribution in [3.8, 4) is 0 Å². The summed E-state index contributed by atoms with van der Waals surface area (Å²) in [6, 6.07) is 4.48. The quantitative estimate of drug-likeness (QED) is 0.866. The second-order valence-corrected chi connectivity index (χ2v) is 4.88. The molecular weight excluding hydrogens is 260 g/mol. The fraction of sp³-hybridized carbons (Fsp3) is 0.429. The molecule has 0 bridgehead atoms. The monoisotopic (exact) mass is 278 g/mol. The van der Waals surface area contributed by atoms with Gasteiger partial charge in [0.05, 0.1) is 24.8 Å². The fourth-order valence-electron chi connectivity index (χ4n) is 2.15. The predicted molar refractivity (Wildman–Crippen MR) is 74.1 cm³/mol. The standard InChI is InChI=1S/C14H18N2O4/c1-9-7-11(13(17)18)3-4-12(9)15-14(19)16-5-6-20-8-10(16)2/h3-4,7,10H,5-6,8H2,1-2H3,(H,15,19)(H,17,18). The van der Waals surface area contributed by atoms with E-state index in [0.717, 1.165) is 5.56 Å². The number of carboxylic acids is 1. The van der Waals surface area contributed by atoms with Crippen LogP contribution in [0.25, 0.3) is 0 Å². The van der Waals surface area contributed by atoms with Crippen LogP contribution >= 0.6 is 0 Å². The first-order valence-electron chi connectivity index (χ1n) is 6.48. The van der Waals surface area contributed by atoms with Crippen molar-refractivity contribution in [3.05, 3.63) is 29.3 Å². The molecule has 6 nitrogen and oxygen atoms in total. The molecule has 1 fully saturated rings. The Morgan fingerprint density at radius 1 is 1.45 bits per heavy atom. The van der Waals surface area contributed by atoms with Crippen LogP contribution in [0.2, 0.25) is 0 Å². The van der Waals surface area contributed by atoms with Crippen LogP contribution in [0.5, 0.6) is 0 Å². The minimum atomic E-state index is -0.979. The van der Waals surface area contributed by atoms with E-state index in [1.165, 1.54) is 6.07 Å². The summed E-state index contributed by atoms with van der Waals surface area (Å²) in [5.74, 6) is -0.979. The lowest BCUT2D eigenvalue weighted by Gasteiger charge is -2.33. The van der Waals surface area contributed by atoms with Crippen molar-refractivity contribution < 1.29 is 19.4 Å². The number of carbonyl (C=O) groups excluding carboxylic acids is 1. The zero-order valence-corrected chi connectivity index (χ0v) is 11.5. The molecule has 0 aliphatic carbocycles. The maximum absolute atomic E-state index is 12.2. The Hall–Kier alpha value is -2.08. The number of nitrogens with zero attached hydrogens (tertiary/aromatic N) is 1. The van der Waals surface area contributed by atoms with Crippen LogP contribution in [0.1, 0.15) is 22.8 Å². The van der Waals surface area contributed by atoms with Crippen LogP contribution in [-0.2, 0) is 4.74 Å². The number of urea groups is 1. The molecule has 0 spiro atoms. The highest BCUT2D eigenvalue weighted by atomic mass is 16.5. The Morgan fingerprint density at radius 2 is 2.20 bits per heavy atom. The summed E-state index contributed by atoms with van der Waals surface area (Å²) in [6.07, 6.45) is 0. The Bertz CT molecular complexity index is 530. The molecule has 1 aliphatic rings. The summed E-state index contributed by atoms with van der Waals surface area (Å²) in [7, 11) is 0. The Kier molecular flexibility index (Phi) is 4.24. The molecule has 20 heavy (non-hydrogen) atoms. The van der Waals surface area contributed by atoms with E-state index in [-0.39, 0.29) is 17.6 Å². The zero-order chi connectivity index (χ0) is 14.7. The third kappa shape index (κ3) is 3.08. The average molecular weight is 278 g/mol. The van der Waals surface area contributed by atoms with Crippen molar-refractivity contribution in [2.75, 3.05) is 25.1 Å². The Labute approximate surface area is 117 Å². The molecule has 6 heteroatoms. The van der Waals surface area contributed by atoms with E-state index in [2.05, 4.69) is 5.32 Å². The molecule has 1 aromatic carbocycles. The first kappa shape index (κ1) is 14.3. The largest absolute Gasteiger partial charge is 0.478 e. The second-order valence-electron chi connectivity index (χ2n) is 4.88. The van der Waals surface area contributed by atoms with E-state index in [0.29, 0.717) is 25.4 Å². The minimum Gasteiger partial charge on any atom is -0.478 e. The van der Waals surface area contributed by atoms with Gasteiger partial charge in [0, 0.05) is 12.2 Å². The van der Waals surface area contributed by atoms with Gasteiger partial charge in [0.15, 0.2) is 0 Å². The topological polar surface area (TPSA) is 78.9 Å². The van der Waals surface area contributed by atoms with Gasteiger partial charge >= 0.3 is 12.0 Å². The van der Waals surface area contributed by atoms with Crippen molar-refractivity contribution >= 4 is 17.7 Å². The number of nitrogens with one attached hydrogen (secondary N) is 1. The van der Waals surface area contributed by atoms with E-state index in [1.54, 1.807) is 24.0 Å². The van der Waals surface area contributed by atoms with Gasteiger partial charge in [-0.3, -0.25) is 0 Å². The van der Waals surface area contributed by atoms with Crippen LogP contribution in [0.15, 0.2) is 18.2 Å². The number of carbonyl (C=O) groups is 2. The summed E-state index contributed by atoms with van der Waals surface area (Å²) < 4.78 is 5.29. The first-order valence-corrected chi connectivity index (χ1v) is 6.48. The zero-order valence-electron chi connectivity index (χ0n) is 11.5. The van der Waals surface area contributed by atoms with Crippen molar-refractivity contribution in [2.24, 2.45) is 0 Å². The summed E-state index contributed by atoms with van der Waals surface area (Å²) in [5, 5.41) is 11.7. The third-order valence-electron chi connectivity index (χ3n) is 3.34. The van der Waals surface area contributed by atoms with Gasteiger partial charge in [-0.15, -0.1) is 0 Å². The lowest BCUT2D eigenvalue weighted by molar-refractivity contribution is 0.0221. The molecule has 2 rings (SSSR count). The SMILES string of the molecule is Cc1cc(C(=O)O)ccc1NC(=O)N1CCOCC1C. The lowest BCUT2D eigenvalue weighted by atomic mass is 10.1. The summed E-state index contributed by atoms with van der Waals surface area (Å²) in [6.45, 7) is 5.32. The molecule has 1 unspecified atom stereocenters. The van der Waals surface area contributed by atoms with Gasteiger partial charge in [-0.2, -0.15) is 0 Å². The number of ether oxygens (including phenoxy) is 1. The molecule has 0 aromatic heterocycles. The summed E-state index contributed by atoms with van der Waals surface area (Å²) in [4.78, 5) is 24.8. The number of hydrogen-bond donors (Lipinski definition) is 2. The molecule has 2 amide bonds. The van der Waals surface area contributed by atoms with Crippen molar-refractivity contribution in [3.63, 3.8) is 0 Å². The number of aryl methyl sites for hydroxylation is 1. The van der Waals surface area contributed by atoms with Gasteiger partial charge in [0.25, 0.3) is 0 Å². The predicted octanol–water partition coefficient (Wildman–Crippen LogP) is 1.95. The van der Waals surface area contributed by atoms with Gasteiger partial charge in [-0.25, -0.2) is 9.59 Å². The molecule has 1 heterocycles. The van der Waals surface area contributed by atoms with E-state index in [4.69, 9.17) is 9.84 Å². The highest BCUT2D eigenvalue weighted by Crippen LogP contribution is 2.18. The third-order valence-corrected chi connectivity index (χ3v) is 3.34. The number of anilines is 1. The number of carboxylic acid groups (broad SMARTS) is 1. The molecule has 108 valence electrons. The van der Waals surface area contributed by atoms with Gasteiger partial charge in [-0.1, -0.05) is 0 Å². The molecule has 0 radical (unpaired) electrons. The van der Waals surface area contributed by atoms with Crippen molar-refractivity contribution in [2.45, 2.75) is 19.9 Å². The van der Waals surface area contributed by atoms with E-state index in [1.807, 2.05) is 6.92 Å². The van der Waals surface area contributed by atoms with Crippen molar-refractivity contribution in [1.29, 1.82) is 0 Å². The first-order chi connectivity index (χ1) is 9.49. The molecule has 0 saturated carbocycles. The number of amides is 2. The highest BCUT2D eigenvalue weighted by Gasteiger charge is 2.24. The smallest absolute Gasteiger partial charge is 0.335 e. The fourth-order valence-corrected chi connectivity index (χ4v) is 2.15. The Balaban J connectivity index is 2.09. The van der Waals surface area contributed by atoms with E-state index >= 15 is 0 Å². The lowest BCUT2D eigenvalue weighted by Crippen LogP contribution is -2.48. The number of morpholine rings is 1. The molecule has 1 atom stereocenters. The van der Waals surface area contributed by atoms with Crippen LogP contribution in [0.4, 0.5) is 10.5 Å². The van der Waals surface area contributed by atoms with Gasteiger partial charge in [0.2, 0.25) is 0 Å². The molecule has 2 N–H and O–H groups in total. The average Bonchev–Trinajstić information content (AvgIpc) is 2.41. The normalized spacial score (nSPS) is 18.7. The summed E-state index contributed by atoms with van der Waals surface area (Å²) >= 11 is 0. The maximum atomic E-state index is 12.2. The molecule has 1 aliphatic heterocycles. The molecule has 1 aromatic rings. The van der Waals surface area contributed by atoms with Crippen molar-refractivity contribution in [1.82, 2.24) is 4.90 Å². The summed E-state index contributed by atoms with van der Waals surface area (Å²) in [5.41, 5.74) is 1.55. The number of aromatic carboxylic acids is 1. The number of rotatable bonds is 2. The number of hydrogen-bond acceptors (Lipinski definition) is 3. The van der Waals surface area contributed by atoms with Crippen LogP contribution in [-0.4, -0.2) is 47.8 Å². The van der Waals surface area contributed by atoms with Gasteiger partial charge < -0.3 is 20.1 Å². The van der Waals surface area contributed by atoms with E-state index < -0.39 is 5.97 Å². The second kappa shape index (κ2) is 5.92.